The Morgan fingerprint density at radius 3 is 2.58 bits per heavy atom. The molecule has 134 valence electrons. The van der Waals surface area contributed by atoms with E-state index in [1.165, 1.54) is 12.8 Å². The van der Waals surface area contributed by atoms with Gasteiger partial charge in [-0.15, -0.1) is 0 Å². The molecule has 3 aromatic rings. The van der Waals surface area contributed by atoms with E-state index in [-0.39, 0.29) is 0 Å². The van der Waals surface area contributed by atoms with Crippen molar-refractivity contribution < 1.29 is 0 Å². The minimum absolute atomic E-state index is 0.504. The maximum Gasteiger partial charge on any atom is 0.0737 e. The van der Waals surface area contributed by atoms with Gasteiger partial charge in [-0.2, -0.15) is 0 Å². The van der Waals surface area contributed by atoms with Crippen LogP contribution in [-0.2, 0) is 6.54 Å². The van der Waals surface area contributed by atoms with Crippen molar-refractivity contribution in [2.45, 2.75) is 44.3 Å². The molecule has 2 aromatic heterocycles. The molecule has 2 heterocycles. The van der Waals surface area contributed by atoms with Gasteiger partial charge < -0.3 is 10.6 Å². The standard InChI is InChI=1S/C21H23ClN4/c22-15-4-9-19-20(10-12-24-21(19)13-15)26-17-7-5-16(6-8-17)25-14-18-3-1-2-11-23-18/h1-4,9-13,16-17,25H,5-8,14H2,(H,24,26). The number of halogens is 1. The van der Waals surface area contributed by atoms with Gasteiger partial charge in [0, 0.05) is 47.1 Å². The van der Waals surface area contributed by atoms with Gasteiger partial charge in [-0.25, -0.2) is 0 Å². The van der Waals surface area contributed by atoms with Gasteiger partial charge in [0.1, 0.15) is 0 Å². The van der Waals surface area contributed by atoms with Crippen LogP contribution in [0.25, 0.3) is 10.9 Å². The predicted octanol–water partition coefficient (Wildman–Crippen LogP) is 4.80. The molecule has 0 unspecified atom stereocenters. The summed E-state index contributed by atoms with van der Waals surface area (Å²) in [6, 6.07) is 15.1. The molecule has 1 fully saturated rings. The topological polar surface area (TPSA) is 49.8 Å². The SMILES string of the molecule is Clc1ccc2c(NC3CCC(NCc4ccccn4)CC3)ccnc2c1. The van der Waals surface area contributed by atoms with E-state index in [0.29, 0.717) is 12.1 Å². The Hall–Kier alpha value is -2.17. The normalized spacial score (nSPS) is 20.2. The molecular formula is C21H23ClN4. The van der Waals surface area contributed by atoms with E-state index in [4.69, 9.17) is 11.6 Å². The molecular weight excluding hydrogens is 344 g/mol. The summed E-state index contributed by atoms with van der Waals surface area (Å²) >= 11 is 6.08. The summed E-state index contributed by atoms with van der Waals surface area (Å²) < 4.78 is 0. The van der Waals surface area contributed by atoms with Gasteiger partial charge in [-0.3, -0.25) is 9.97 Å². The lowest BCUT2D eigenvalue weighted by Gasteiger charge is -2.30. The zero-order chi connectivity index (χ0) is 17.8. The molecule has 0 atom stereocenters. The number of nitrogens with zero attached hydrogens (tertiary/aromatic N) is 2. The van der Waals surface area contributed by atoms with Crippen molar-refractivity contribution in [2.24, 2.45) is 0 Å². The number of rotatable bonds is 5. The summed E-state index contributed by atoms with van der Waals surface area (Å²) in [5, 5.41) is 9.21. The van der Waals surface area contributed by atoms with Crippen LogP contribution in [0.2, 0.25) is 5.02 Å². The molecule has 0 radical (unpaired) electrons. The highest BCUT2D eigenvalue weighted by atomic mass is 35.5. The molecule has 2 N–H and O–H groups in total. The quantitative estimate of drug-likeness (QED) is 0.681. The molecule has 0 spiro atoms. The Morgan fingerprint density at radius 1 is 0.923 bits per heavy atom. The van der Waals surface area contributed by atoms with Crippen molar-refractivity contribution in [1.29, 1.82) is 0 Å². The van der Waals surface area contributed by atoms with E-state index < -0.39 is 0 Å². The molecule has 1 aliphatic rings. The highest BCUT2D eigenvalue weighted by Crippen LogP contribution is 2.28. The first-order valence-electron chi connectivity index (χ1n) is 9.22. The minimum atomic E-state index is 0.504. The van der Waals surface area contributed by atoms with Gasteiger partial charge in [0.15, 0.2) is 0 Å². The Bertz CT molecular complexity index is 860. The molecule has 1 aromatic carbocycles. The molecule has 0 bridgehead atoms. The predicted molar refractivity (Wildman–Crippen MR) is 107 cm³/mol. The summed E-state index contributed by atoms with van der Waals surface area (Å²) in [6.45, 7) is 0.847. The fourth-order valence-corrected chi connectivity index (χ4v) is 3.83. The lowest BCUT2D eigenvalue weighted by Crippen LogP contribution is -2.36. The third-order valence-corrected chi connectivity index (χ3v) is 5.32. The van der Waals surface area contributed by atoms with Crippen molar-refractivity contribution in [3.05, 3.63) is 65.6 Å². The van der Waals surface area contributed by atoms with Crippen LogP contribution in [0, 0.1) is 0 Å². The molecule has 1 saturated carbocycles. The van der Waals surface area contributed by atoms with Crippen molar-refractivity contribution in [1.82, 2.24) is 15.3 Å². The zero-order valence-electron chi connectivity index (χ0n) is 14.7. The van der Waals surface area contributed by atoms with Crippen LogP contribution < -0.4 is 10.6 Å². The number of fused-ring (bicyclic) bond motifs is 1. The van der Waals surface area contributed by atoms with E-state index in [9.17, 15) is 0 Å². The first-order chi connectivity index (χ1) is 12.8. The molecule has 1 aliphatic carbocycles. The number of nitrogens with one attached hydrogen (secondary N) is 2. The van der Waals surface area contributed by atoms with Gasteiger partial charge in [-0.1, -0.05) is 17.7 Å². The summed E-state index contributed by atoms with van der Waals surface area (Å²) in [4.78, 5) is 8.80. The monoisotopic (exact) mass is 366 g/mol. The molecule has 26 heavy (non-hydrogen) atoms. The second kappa shape index (κ2) is 8.02. The third-order valence-electron chi connectivity index (χ3n) is 5.09. The average molecular weight is 367 g/mol. The van der Waals surface area contributed by atoms with E-state index in [0.717, 1.165) is 46.7 Å². The Balaban J connectivity index is 1.33. The fraction of sp³-hybridized carbons (Fsp3) is 0.333. The number of hydrogen-bond acceptors (Lipinski definition) is 4. The fourth-order valence-electron chi connectivity index (χ4n) is 3.66. The van der Waals surface area contributed by atoms with Crippen LogP contribution in [-0.4, -0.2) is 22.1 Å². The lowest BCUT2D eigenvalue weighted by atomic mass is 9.91. The van der Waals surface area contributed by atoms with E-state index in [2.05, 4.69) is 32.7 Å². The summed E-state index contributed by atoms with van der Waals surface area (Å²) in [5.74, 6) is 0. The molecule has 5 heteroatoms. The summed E-state index contributed by atoms with van der Waals surface area (Å²) in [7, 11) is 0. The molecule has 0 aliphatic heterocycles. The van der Waals surface area contributed by atoms with E-state index >= 15 is 0 Å². The molecule has 0 saturated heterocycles. The zero-order valence-corrected chi connectivity index (χ0v) is 15.4. The Morgan fingerprint density at radius 2 is 1.77 bits per heavy atom. The first kappa shape index (κ1) is 17.3. The van der Waals surface area contributed by atoms with Crippen LogP contribution >= 0.6 is 11.6 Å². The number of hydrogen-bond donors (Lipinski definition) is 2. The van der Waals surface area contributed by atoms with Gasteiger partial charge >= 0.3 is 0 Å². The summed E-state index contributed by atoms with van der Waals surface area (Å²) in [5.41, 5.74) is 3.19. The Labute approximate surface area is 159 Å². The molecule has 4 rings (SSSR count). The van der Waals surface area contributed by atoms with Crippen LogP contribution in [0.5, 0.6) is 0 Å². The van der Waals surface area contributed by atoms with Crippen molar-refractivity contribution in [3.8, 4) is 0 Å². The highest BCUT2D eigenvalue weighted by Gasteiger charge is 2.21. The maximum atomic E-state index is 6.08. The van der Waals surface area contributed by atoms with Crippen molar-refractivity contribution in [3.63, 3.8) is 0 Å². The van der Waals surface area contributed by atoms with Gasteiger partial charge in [0.05, 0.1) is 11.2 Å². The Kier molecular flexibility index (Phi) is 5.32. The maximum absolute atomic E-state index is 6.08. The second-order valence-corrected chi connectivity index (χ2v) is 7.35. The minimum Gasteiger partial charge on any atom is -0.382 e. The van der Waals surface area contributed by atoms with Crippen LogP contribution in [0.15, 0.2) is 54.9 Å². The smallest absolute Gasteiger partial charge is 0.0737 e. The highest BCUT2D eigenvalue weighted by molar-refractivity contribution is 6.31. The molecule has 4 nitrogen and oxygen atoms in total. The second-order valence-electron chi connectivity index (χ2n) is 6.91. The number of aromatic nitrogens is 2. The van der Waals surface area contributed by atoms with E-state index in [1.54, 1.807) is 0 Å². The van der Waals surface area contributed by atoms with Gasteiger partial charge in [0.25, 0.3) is 0 Å². The lowest BCUT2D eigenvalue weighted by molar-refractivity contribution is 0.352. The number of pyridine rings is 2. The summed E-state index contributed by atoms with van der Waals surface area (Å²) in [6.07, 6.45) is 8.39. The van der Waals surface area contributed by atoms with Crippen LogP contribution in [0.1, 0.15) is 31.4 Å². The largest absolute Gasteiger partial charge is 0.382 e. The van der Waals surface area contributed by atoms with Gasteiger partial charge in [-0.05, 0) is 62.1 Å². The van der Waals surface area contributed by atoms with Crippen LogP contribution in [0.4, 0.5) is 5.69 Å². The number of anilines is 1. The van der Waals surface area contributed by atoms with Crippen molar-refractivity contribution >= 4 is 28.2 Å². The average Bonchev–Trinajstić information content (AvgIpc) is 2.68. The third kappa shape index (κ3) is 4.14. The van der Waals surface area contributed by atoms with Gasteiger partial charge in [0.2, 0.25) is 0 Å². The first-order valence-corrected chi connectivity index (χ1v) is 9.60. The molecule has 0 amide bonds. The van der Waals surface area contributed by atoms with Crippen molar-refractivity contribution in [2.75, 3.05) is 5.32 Å². The van der Waals surface area contributed by atoms with E-state index in [1.807, 2.05) is 42.7 Å². The number of benzene rings is 1. The van der Waals surface area contributed by atoms with Crippen LogP contribution in [0.3, 0.4) is 0 Å².